The number of aromatic hydroxyl groups is 1. The molecule has 0 radical (unpaired) electrons. The first-order valence-electron chi connectivity index (χ1n) is 11.2. The summed E-state index contributed by atoms with van der Waals surface area (Å²) in [4.78, 5) is 14.8. The second kappa shape index (κ2) is 8.41. The molecule has 2 aromatic heterocycles. The first kappa shape index (κ1) is 20.7. The number of hydrogen-bond acceptors (Lipinski definition) is 5. The smallest absolute Gasteiger partial charge is 0.348 e. The topological polar surface area (TPSA) is 93.9 Å². The van der Waals surface area contributed by atoms with E-state index in [0.717, 1.165) is 66.5 Å². The second-order valence-corrected chi connectivity index (χ2v) is 8.83. The minimum absolute atomic E-state index is 0.200. The number of aromatic nitrogens is 3. The number of phenolic OH excluding ortho intramolecular Hbond substituents is 1. The maximum absolute atomic E-state index is 12.4. The van der Waals surface area contributed by atoms with Crippen molar-refractivity contribution in [3.63, 3.8) is 0 Å². The normalized spacial score (nSPS) is 15.7. The summed E-state index contributed by atoms with van der Waals surface area (Å²) < 4.78 is 1.56. The number of rotatable bonds is 5. The quantitative estimate of drug-likeness (QED) is 0.449. The van der Waals surface area contributed by atoms with Crippen LogP contribution in [0.25, 0.3) is 27.7 Å². The summed E-state index contributed by atoms with van der Waals surface area (Å²) in [6.07, 6.45) is 3.09. The van der Waals surface area contributed by atoms with Crippen molar-refractivity contribution >= 4 is 16.6 Å². The largest absolute Gasteiger partial charge is 0.507 e. The molecule has 1 saturated heterocycles. The Balaban J connectivity index is 1.55. The third-order valence-corrected chi connectivity index (χ3v) is 6.77. The van der Waals surface area contributed by atoms with E-state index in [4.69, 9.17) is 0 Å². The third-order valence-electron chi connectivity index (χ3n) is 6.77. The van der Waals surface area contributed by atoms with Crippen molar-refractivity contribution in [3.05, 3.63) is 64.1 Å². The van der Waals surface area contributed by atoms with E-state index in [1.54, 1.807) is 10.5 Å². The van der Waals surface area contributed by atoms with E-state index in [9.17, 15) is 15.0 Å². The highest BCUT2D eigenvalue weighted by molar-refractivity contribution is 5.92. The van der Waals surface area contributed by atoms with Gasteiger partial charge >= 0.3 is 5.69 Å². The van der Waals surface area contributed by atoms with Crippen LogP contribution in [0.15, 0.2) is 47.3 Å². The Kier molecular flexibility index (Phi) is 5.45. The number of phenols is 1. The molecular weight excluding hydrogens is 404 g/mol. The molecule has 0 spiro atoms. The van der Waals surface area contributed by atoms with Crippen LogP contribution < -0.4 is 5.69 Å². The van der Waals surface area contributed by atoms with E-state index in [1.807, 2.05) is 37.3 Å². The summed E-state index contributed by atoms with van der Waals surface area (Å²) in [6, 6.07) is 13.6. The molecule has 5 rings (SSSR count). The van der Waals surface area contributed by atoms with Gasteiger partial charge in [0.15, 0.2) is 5.65 Å². The standard InChI is InChI=1S/C25H28N4O3/c1-16-12-24-26-27-25(32)29(24)22-13-21(23(31)14-20(16)22)19-5-3-2-4-18(19)15-28-9-6-17(7-10-28)8-11-30/h2-5,12-14,17,30-31H,6-11,15H2,1H3,(H,27,32). The van der Waals surface area contributed by atoms with Crippen molar-refractivity contribution in [1.82, 2.24) is 19.5 Å². The summed E-state index contributed by atoms with van der Waals surface area (Å²) in [6.45, 7) is 5.03. The SMILES string of the molecule is Cc1cc2n[nH]c(=O)n2c2cc(-c3ccccc3CN3CCC(CCO)CC3)c(O)cc12. The molecule has 7 nitrogen and oxygen atoms in total. The number of aliphatic hydroxyl groups is 1. The summed E-state index contributed by atoms with van der Waals surface area (Å²) >= 11 is 0. The van der Waals surface area contributed by atoms with Gasteiger partial charge in [0.2, 0.25) is 0 Å². The van der Waals surface area contributed by atoms with E-state index in [-0.39, 0.29) is 18.0 Å². The molecule has 32 heavy (non-hydrogen) atoms. The number of nitrogens with one attached hydrogen (secondary N) is 1. The Bertz CT molecular complexity index is 1330. The van der Waals surface area contributed by atoms with Gasteiger partial charge in [-0.15, -0.1) is 0 Å². The zero-order valence-electron chi connectivity index (χ0n) is 18.2. The highest BCUT2D eigenvalue weighted by atomic mass is 16.3. The van der Waals surface area contributed by atoms with Crippen molar-refractivity contribution in [2.24, 2.45) is 5.92 Å². The van der Waals surface area contributed by atoms with E-state index in [2.05, 4.69) is 21.2 Å². The van der Waals surface area contributed by atoms with Crippen LogP contribution in [0.2, 0.25) is 0 Å². The summed E-state index contributed by atoms with van der Waals surface area (Å²) in [5, 5.41) is 27.6. The maximum atomic E-state index is 12.4. The van der Waals surface area contributed by atoms with E-state index >= 15 is 0 Å². The van der Waals surface area contributed by atoms with Crippen LogP contribution in [0.1, 0.15) is 30.4 Å². The van der Waals surface area contributed by atoms with Crippen LogP contribution in [0.3, 0.4) is 0 Å². The van der Waals surface area contributed by atoms with Crippen LogP contribution in [-0.2, 0) is 6.54 Å². The van der Waals surface area contributed by atoms with Gasteiger partial charge in [0, 0.05) is 24.1 Å². The molecule has 0 bridgehead atoms. The molecule has 0 unspecified atom stereocenters. The lowest BCUT2D eigenvalue weighted by Crippen LogP contribution is -2.33. The molecule has 166 valence electrons. The third kappa shape index (κ3) is 3.67. The van der Waals surface area contributed by atoms with Gasteiger partial charge in [0.05, 0.1) is 5.52 Å². The number of aryl methyl sites for hydroxylation is 1. The minimum atomic E-state index is -0.291. The number of likely N-dealkylation sites (tertiary alicyclic amines) is 1. The summed E-state index contributed by atoms with van der Waals surface area (Å²) in [7, 11) is 0. The first-order chi connectivity index (χ1) is 15.5. The molecular formula is C25H28N4O3. The van der Waals surface area contributed by atoms with Crippen molar-refractivity contribution < 1.29 is 10.2 Å². The number of aromatic amines is 1. The van der Waals surface area contributed by atoms with Crippen LogP contribution in [0, 0.1) is 12.8 Å². The number of aliphatic hydroxyl groups excluding tert-OH is 1. The van der Waals surface area contributed by atoms with Gasteiger partial charge in [0.1, 0.15) is 5.75 Å². The number of benzene rings is 2. The molecule has 0 aliphatic carbocycles. The Morgan fingerprint density at radius 3 is 2.69 bits per heavy atom. The van der Waals surface area contributed by atoms with Gasteiger partial charge in [-0.2, -0.15) is 5.10 Å². The van der Waals surface area contributed by atoms with E-state index in [1.165, 1.54) is 0 Å². The average molecular weight is 433 g/mol. The molecule has 7 heteroatoms. The number of nitrogens with zero attached hydrogens (tertiary/aromatic N) is 3. The molecule has 4 aromatic rings. The lowest BCUT2D eigenvalue weighted by atomic mass is 9.92. The molecule has 1 aliphatic rings. The number of fused-ring (bicyclic) bond motifs is 3. The van der Waals surface area contributed by atoms with Crippen LogP contribution in [0.4, 0.5) is 0 Å². The second-order valence-electron chi connectivity index (χ2n) is 8.83. The van der Waals surface area contributed by atoms with Gasteiger partial charge in [-0.1, -0.05) is 24.3 Å². The van der Waals surface area contributed by atoms with Gasteiger partial charge < -0.3 is 10.2 Å². The molecule has 0 atom stereocenters. The molecule has 1 fully saturated rings. The molecule has 3 heterocycles. The highest BCUT2D eigenvalue weighted by Gasteiger charge is 2.21. The molecule has 1 aliphatic heterocycles. The fourth-order valence-electron chi connectivity index (χ4n) is 4.98. The molecule has 0 amide bonds. The molecule has 0 saturated carbocycles. The van der Waals surface area contributed by atoms with Crippen molar-refractivity contribution in [1.29, 1.82) is 0 Å². The predicted octanol–water partition coefficient (Wildman–Crippen LogP) is 3.45. The van der Waals surface area contributed by atoms with Crippen molar-refractivity contribution in [3.8, 4) is 16.9 Å². The Morgan fingerprint density at radius 1 is 1.12 bits per heavy atom. The van der Waals surface area contributed by atoms with Crippen molar-refractivity contribution in [2.75, 3.05) is 19.7 Å². The van der Waals surface area contributed by atoms with E-state index in [0.29, 0.717) is 17.1 Å². The Morgan fingerprint density at radius 2 is 1.91 bits per heavy atom. The number of piperidine rings is 1. The van der Waals surface area contributed by atoms with Gasteiger partial charge in [-0.25, -0.2) is 14.3 Å². The molecule has 3 N–H and O–H groups in total. The van der Waals surface area contributed by atoms with Gasteiger partial charge in [-0.3, -0.25) is 4.90 Å². The lowest BCUT2D eigenvalue weighted by molar-refractivity contribution is 0.153. The number of pyridine rings is 1. The molecule has 2 aromatic carbocycles. The van der Waals surface area contributed by atoms with Crippen LogP contribution in [0.5, 0.6) is 5.75 Å². The first-order valence-corrected chi connectivity index (χ1v) is 11.2. The zero-order valence-corrected chi connectivity index (χ0v) is 18.2. The monoisotopic (exact) mass is 432 g/mol. The number of hydrogen-bond donors (Lipinski definition) is 3. The summed E-state index contributed by atoms with van der Waals surface area (Å²) in [5.41, 5.74) is 4.78. The van der Waals surface area contributed by atoms with Crippen molar-refractivity contribution in [2.45, 2.75) is 32.7 Å². The number of H-pyrrole nitrogens is 1. The van der Waals surface area contributed by atoms with E-state index < -0.39 is 0 Å². The fraction of sp³-hybridized carbons (Fsp3) is 0.360. The Hall–Kier alpha value is -3.16. The maximum Gasteiger partial charge on any atom is 0.348 e. The summed E-state index contributed by atoms with van der Waals surface area (Å²) in [5.74, 6) is 0.806. The van der Waals surface area contributed by atoms with Gasteiger partial charge in [-0.05, 0) is 80.1 Å². The van der Waals surface area contributed by atoms with Gasteiger partial charge in [0.25, 0.3) is 0 Å². The Labute approximate surface area is 185 Å². The van der Waals surface area contributed by atoms with Crippen LogP contribution >= 0.6 is 0 Å². The lowest BCUT2D eigenvalue weighted by Gasteiger charge is -2.32. The van der Waals surface area contributed by atoms with Crippen LogP contribution in [-0.4, -0.2) is 49.4 Å². The predicted molar refractivity (Wildman–Crippen MR) is 125 cm³/mol. The zero-order chi connectivity index (χ0) is 22.2. The highest BCUT2D eigenvalue weighted by Crippen LogP contribution is 2.37. The average Bonchev–Trinajstić information content (AvgIpc) is 3.16. The fourth-order valence-corrected chi connectivity index (χ4v) is 4.98. The minimum Gasteiger partial charge on any atom is -0.507 e.